The molecule has 6 heteroatoms. The predicted octanol–water partition coefficient (Wildman–Crippen LogP) is 2.60. The summed E-state index contributed by atoms with van der Waals surface area (Å²) < 4.78 is 9.81. The summed E-state index contributed by atoms with van der Waals surface area (Å²) in [6.45, 7) is 2.37. The van der Waals surface area contributed by atoms with Crippen LogP contribution in [0.15, 0.2) is 30.5 Å². The van der Waals surface area contributed by atoms with Crippen molar-refractivity contribution in [3.05, 3.63) is 47.2 Å². The van der Waals surface area contributed by atoms with Gasteiger partial charge >= 0.3 is 0 Å². The van der Waals surface area contributed by atoms with Gasteiger partial charge in [-0.2, -0.15) is 0 Å². The standard InChI is InChI=1S/C14H16BrN3O2/c1-3-10-5-4-6-11(14(19)16-15)12(10)9-20-13-7-8-18(2)17-13/h4-8H,3,9H2,1-2H3,(H,16,19). The van der Waals surface area contributed by atoms with Crippen LogP contribution in [0.3, 0.4) is 0 Å². The minimum absolute atomic E-state index is 0.181. The highest BCUT2D eigenvalue weighted by Crippen LogP contribution is 2.19. The number of nitrogens with zero attached hydrogens (tertiary/aromatic N) is 2. The average molecular weight is 338 g/mol. The molecule has 2 aromatic rings. The van der Waals surface area contributed by atoms with Crippen LogP contribution in [0, 0.1) is 0 Å². The number of rotatable bonds is 5. The Morgan fingerprint density at radius 2 is 2.25 bits per heavy atom. The van der Waals surface area contributed by atoms with E-state index in [1.54, 1.807) is 16.8 Å². The minimum Gasteiger partial charge on any atom is -0.472 e. The Kier molecular flexibility index (Phi) is 4.79. The molecular formula is C14H16BrN3O2. The van der Waals surface area contributed by atoms with Crippen molar-refractivity contribution in [1.29, 1.82) is 0 Å². The first-order chi connectivity index (χ1) is 9.65. The maximum absolute atomic E-state index is 11.9. The quantitative estimate of drug-likeness (QED) is 0.853. The number of carbonyl (C=O) groups excluding carboxylic acids is 1. The number of hydrogen-bond donors (Lipinski definition) is 1. The molecule has 2 rings (SSSR count). The molecule has 1 amide bonds. The van der Waals surface area contributed by atoms with E-state index >= 15 is 0 Å². The van der Waals surface area contributed by atoms with Crippen molar-refractivity contribution in [3.63, 3.8) is 0 Å². The summed E-state index contributed by atoms with van der Waals surface area (Å²) in [4.78, 5) is 11.9. The van der Waals surface area contributed by atoms with Gasteiger partial charge in [0.05, 0.1) is 0 Å². The molecule has 0 saturated heterocycles. The molecule has 0 spiro atoms. The highest BCUT2D eigenvalue weighted by molar-refractivity contribution is 9.08. The van der Waals surface area contributed by atoms with Gasteiger partial charge in [0, 0.05) is 46.6 Å². The van der Waals surface area contributed by atoms with E-state index < -0.39 is 0 Å². The second-order valence-electron chi connectivity index (χ2n) is 4.34. The molecule has 0 saturated carbocycles. The van der Waals surface area contributed by atoms with Gasteiger partial charge in [-0.05, 0) is 18.1 Å². The van der Waals surface area contributed by atoms with E-state index in [9.17, 15) is 4.79 Å². The van der Waals surface area contributed by atoms with Gasteiger partial charge in [-0.15, -0.1) is 5.10 Å². The van der Waals surface area contributed by atoms with Gasteiger partial charge in [0.2, 0.25) is 5.88 Å². The Hall–Kier alpha value is -1.82. The third kappa shape index (κ3) is 3.19. The lowest BCUT2D eigenvalue weighted by Gasteiger charge is -2.12. The van der Waals surface area contributed by atoms with Crippen LogP contribution < -0.4 is 9.08 Å². The molecule has 20 heavy (non-hydrogen) atoms. The minimum atomic E-state index is -0.181. The number of aromatic nitrogens is 2. The third-order valence-electron chi connectivity index (χ3n) is 3.04. The first-order valence-electron chi connectivity index (χ1n) is 6.30. The molecule has 0 unspecified atom stereocenters. The molecule has 0 aliphatic heterocycles. The van der Waals surface area contributed by atoms with Gasteiger partial charge in [0.25, 0.3) is 5.91 Å². The van der Waals surface area contributed by atoms with E-state index in [0.717, 1.165) is 17.5 Å². The fourth-order valence-corrected chi connectivity index (χ4v) is 2.23. The average Bonchev–Trinajstić information content (AvgIpc) is 2.89. The van der Waals surface area contributed by atoms with Gasteiger partial charge < -0.3 is 4.74 Å². The van der Waals surface area contributed by atoms with Crippen molar-refractivity contribution in [2.75, 3.05) is 0 Å². The molecule has 1 N–H and O–H groups in total. The molecule has 0 aliphatic rings. The van der Waals surface area contributed by atoms with Gasteiger partial charge in [-0.25, -0.2) is 0 Å². The van der Waals surface area contributed by atoms with Crippen LogP contribution in [0.25, 0.3) is 0 Å². The van der Waals surface area contributed by atoms with E-state index in [2.05, 4.69) is 32.5 Å². The highest BCUT2D eigenvalue weighted by Gasteiger charge is 2.14. The molecule has 1 aromatic heterocycles. The van der Waals surface area contributed by atoms with Crippen molar-refractivity contribution in [2.24, 2.45) is 7.05 Å². The SMILES string of the molecule is CCc1cccc(C(=O)NBr)c1COc1ccn(C)n1. The summed E-state index contributed by atoms with van der Waals surface area (Å²) in [5.41, 5.74) is 2.59. The van der Waals surface area contributed by atoms with E-state index in [0.29, 0.717) is 18.1 Å². The van der Waals surface area contributed by atoms with Crippen molar-refractivity contribution in [3.8, 4) is 5.88 Å². The molecule has 0 radical (unpaired) electrons. The number of nitrogens with one attached hydrogen (secondary N) is 1. The molecule has 106 valence electrons. The molecular weight excluding hydrogens is 322 g/mol. The maximum atomic E-state index is 11.9. The number of aryl methyl sites for hydroxylation is 2. The number of benzene rings is 1. The zero-order valence-electron chi connectivity index (χ0n) is 11.4. The number of ether oxygens (including phenoxy) is 1. The van der Waals surface area contributed by atoms with Crippen molar-refractivity contribution < 1.29 is 9.53 Å². The first kappa shape index (κ1) is 14.6. The van der Waals surface area contributed by atoms with E-state index in [1.165, 1.54) is 0 Å². The van der Waals surface area contributed by atoms with Crippen LogP contribution in [0.1, 0.15) is 28.4 Å². The lowest BCUT2D eigenvalue weighted by atomic mass is 9.99. The topological polar surface area (TPSA) is 56.1 Å². The Balaban J connectivity index is 2.26. The van der Waals surface area contributed by atoms with Crippen molar-refractivity contribution in [1.82, 2.24) is 14.1 Å². The summed E-state index contributed by atoms with van der Waals surface area (Å²) in [5.74, 6) is 0.364. The van der Waals surface area contributed by atoms with E-state index in [-0.39, 0.29) is 5.91 Å². The largest absolute Gasteiger partial charge is 0.472 e. The van der Waals surface area contributed by atoms with Crippen LogP contribution in [-0.2, 0) is 20.1 Å². The van der Waals surface area contributed by atoms with Crippen LogP contribution in [-0.4, -0.2) is 15.7 Å². The maximum Gasteiger partial charge on any atom is 0.261 e. The van der Waals surface area contributed by atoms with E-state index in [4.69, 9.17) is 4.74 Å². The fourth-order valence-electron chi connectivity index (χ4n) is 2.02. The third-order valence-corrected chi connectivity index (χ3v) is 3.40. The van der Waals surface area contributed by atoms with Gasteiger partial charge in [-0.3, -0.25) is 13.8 Å². The molecule has 0 atom stereocenters. The smallest absolute Gasteiger partial charge is 0.261 e. The second-order valence-corrected chi connectivity index (χ2v) is 4.73. The van der Waals surface area contributed by atoms with Crippen molar-refractivity contribution >= 4 is 22.1 Å². The predicted molar refractivity (Wildman–Crippen MR) is 79.8 cm³/mol. The van der Waals surface area contributed by atoms with Crippen molar-refractivity contribution in [2.45, 2.75) is 20.0 Å². The Morgan fingerprint density at radius 1 is 1.45 bits per heavy atom. The highest BCUT2D eigenvalue weighted by atomic mass is 79.9. The molecule has 1 aromatic carbocycles. The Bertz CT molecular complexity index is 610. The molecule has 0 bridgehead atoms. The monoisotopic (exact) mass is 337 g/mol. The normalized spacial score (nSPS) is 10.3. The summed E-state index contributed by atoms with van der Waals surface area (Å²) in [6, 6.07) is 7.45. The van der Waals surface area contributed by atoms with Gasteiger partial charge in [0.15, 0.2) is 0 Å². The molecule has 5 nitrogen and oxygen atoms in total. The number of hydrogen-bond acceptors (Lipinski definition) is 3. The van der Waals surface area contributed by atoms with Gasteiger partial charge in [-0.1, -0.05) is 19.1 Å². The summed E-state index contributed by atoms with van der Waals surface area (Å²) in [7, 11) is 1.83. The lowest BCUT2D eigenvalue weighted by Crippen LogP contribution is -2.16. The second kappa shape index (κ2) is 6.56. The van der Waals surface area contributed by atoms with Crippen LogP contribution in [0.5, 0.6) is 5.88 Å². The zero-order chi connectivity index (χ0) is 14.5. The lowest BCUT2D eigenvalue weighted by molar-refractivity contribution is 0.0984. The number of carbonyl (C=O) groups is 1. The molecule has 1 heterocycles. The van der Waals surface area contributed by atoms with E-state index in [1.807, 2.05) is 25.4 Å². The summed E-state index contributed by atoms with van der Waals surface area (Å²) in [5, 5.41) is 4.16. The Labute approximate surface area is 126 Å². The zero-order valence-corrected chi connectivity index (χ0v) is 13.0. The fraction of sp³-hybridized carbons (Fsp3) is 0.286. The number of halogens is 1. The molecule has 0 fully saturated rings. The molecule has 0 aliphatic carbocycles. The van der Waals surface area contributed by atoms with Gasteiger partial charge in [0.1, 0.15) is 6.61 Å². The summed E-state index contributed by atoms with van der Waals surface area (Å²) in [6.07, 6.45) is 2.65. The summed E-state index contributed by atoms with van der Waals surface area (Å²) >= 11 is 2.98. The van der Waals surface area contributed by atoms with Crippen LogP contribution in [0.4, 0.5) is 0 Å². The first-order valence-corrected chi connectivity index (χ1v) is 7.09. The van der Waals surface area contributed by atoms with Crippen LogP contribution >= 0.6 is 16.1 Å². The number of amides is 1. The van der Waals surface area contributed by atoms with Crippen LogP contribution in [0.2, 0.25) is 0 Å². The Morgan fingerprint density at radius 3 is 2.85 bits per heavy atom.